The fourth-order valence-electron chi connectivity index (χ4n) is 0.923. The van der Waals surface area contributed by atoms with Crippen LogP contribution < -0.4 is 5.32 Å². The Kier molecular flexibility index (Phi) is 1.27. The standard InChI is InChI=1S/C7H11N/c1-3-4-7(2)5-8-6-7/h1,8H,4-6H2,2H3. The van der Waals surface area contributed by atoms with E-state index in [0.717, 1.165) is 19.5 Å². The zero-order valence-corrected chi connectivity index (χ0v) is 5.20. The van der Waals surface area contributed by atoms with Crippen molar-refractivity contribution in [2.24, 2.45) is 5.41 Å². The van der Waals surface area contributed by atoms with Crippen molar-refractivity contribution in [1.82, 2.24) is 5.32 Å². The predicted molar refractivity (Wildman–Crippen MR) is 34.4 cm³/mol. The van der Waals surface area contributed by atoms with Crippen LogP contribution in [0.3, 0.4) is 0 Å². The Morgan fingerprint density at radius 1 is 1.75 bits per heavy atom. The number of hydrogen-bond donors (Lipinski definition) is 1. The third-order valence-corrected chi connectivity index (χ3v) is 1.63. The molecule has 0 atom stereocenters. The smallest absolute Gasteiger partial charge is 0.0164 e. The molecule has 1 aliphatic rings. The number of rotatable bonds is 1. The largest absolute Gasteiger partial charge is 0.315 e. The van der Waals surface area contributed by atoms with Gasteiger partial charge in [-0.1, -0.05) is 6.92 Å². The lowest BCUT2D eigenvalue weighted by molar-refractivity contribution is 0.203. The number of nitrogens with one attached hydrogen (secondary N) is 1. The van der Waals surface area contributed by atoms with Crippen molar-refractivity contribution < 1.29 is 0 Å². The van der Waals surface area contributed by atoms with E-state index in [9.17, 15) is 0 Å². The third-order valence-electron chi connectivity index (χ3n) is 1.63. The van der Waals surface area contributed by atoms with E-state index < -0.39 is 0 Å². The van der Waals surface area contributed by atoms with Gasteiger partial charge in [0.15, 0.2) is 0 Å². The molecule has 0 aromatic heterocycles. The Balaban J connectivity index is 2.33. The van der Waals surface area contributed by atoms with E-state index in [4.69, 9.17) is 6.42 Å². The van der Waals surface area contributed by atoms with Crippen molar-refractivity contribution in [3.8, 4) is 12.3 Å². The second-order valence-electron chi connectivity index (χ2n) is 2.80. The SMILES string of the molecule is C#CCC1(C)CNC1. The van der Waals surface area contributed by atoms with Crippen molar-refractivity contribution in [2.45, 2.75) is 13.3 Å². The molecular weight excluding hydrogens is 98.1 g/mol. The van der Waals surface area contributed by atoms with Crippen LogP contribution in [0.25, 0.3) is 0 Å². The van der Waals surface area contributed by atoms with Gasteiger partial charge in [0.1, 0.15) is 0 Å². The van der Waals surface area contributed by atoms with Gasteiger partial charge in [-0.05, 0) is 0 Å². The van der Waals surface area contributed by atoms with E-state index in [1.165, 1.54) is 0 Å². The van der Waals surface area contributed by atoms with Crippen LogP contribution in [-0.2, 0) is 0 Å². The van der Waals surface area contributed by atoms with Crippen LogP contribution in [0.4, 0.5) is 0 Å². The highest BCUT2D eigenvalue weighted by Crippen LogP contribution is 2.24. The molecule has 0 radical (unpaired) electrons. The fraction of sp³-hybridized carbons (Fsp3) is 0.714. The molecule has 0 aromatic carbocycles. The van der Waals surface area contributed by atoms with E-state index in [2.05, 4.69) is 18.2 Å². The highest BCUT2D eigenvalue weighted by atomic mass is 15.0. The Morgan fingerprint density at radius 3 is 2.50 bits per heavy atom. The molecule has 0 amide bonds. The summed E-state index contributed by atoms with van der Waals surface area (Å²) in [6, 6.07) is 0. The molecule has 1 saturated heterocycles. The van der Waals surface area contributed by atoms with Gasteiger partial charge in [-0.25, -0.2) is 0 Å². The maximum atomic E-state index is 5.15. The monoisotopic (exact) mass is 109 g/mol. The second-order valence-corrected chi connectivity index (χ2v) is 2.80. The summed E-state index contributed by atoms with van der Waals surface area (Å²) in [4.78, 5) is 0. The van der Waals surface area contributed by atoms with Gasteiger partial charge in [0.2, 0.25) is 0 Å². The maximum Gasteiger partial charge on any atom is 0.0164 e. The highest BCUT2D eigenvalue weighted by molar-refractivity contribution is 4.99. The van der Waals surface area contributed by atoms with Gasteiger partial charge >= 0.3 is 0 Å². The van der Waals surface area contributed by atoms with Crippen LogP contribution in [0.1, 0.15) is 13.3 Å². The van der Waals surface area contributed by atoms with Crippen molar-refractivity contribution in [1.29, 1.82) is 0 Å². The Bertz CT molecular complexity index is 117. The van der Waals surface area contributed by atoms with Gasteiger partial charge in [0.25, 0.3) is 0 Å². The Hall–Kier alpha value is -0.480. The molecule has 1 heterocycles. The summed E-state index contributed by atoms with van der Waals surface area (Å²) in [6.07, 6.45) is 6.06. The molecule has 0 aliphatic carbocycles. The molecule has 8 heavy (non-hydrogen) atoms. The van der Waals surface area contributed by atoms with Crippen LogP contribution in [0.5, 0.6) is 0 Å². The first kappa shape index (κ1) is 5.65. The molecule has 0 saturated carbocycles. The minimum Gasteiger partial charge on any atom is -0.315 e. The molecule has 1 aliphatic heterocycles. The molecule has 0 aromatic rings. The van der Waals surface area contributed by atoms with Crippen molar-refractivity contribution in [3.05, 3.63) is 0 Å². The summed E-state index contributed by atoms with van der Waals surface area (Å²) in [7, 11) is 0. The molecule has 0 bridgehead atoms. The predicted octanol–water partition coefficient (Wildman–Crippen LogP) is 0.619. The summed E-state index contributed by atoms with van der Waals surface area (Å²) >= 11 is 0. The molecule has 1 fully saturated rings. The van der Waals surface area contributed by atoms with Gasteiger partial charge in [0, 0.05) is 24.9 Å². The van der Waals surface area contributed by atoms with Crippen molar-refractivity contribution >= 4 is 0 Å². The first-order valence-corrected chi connectivity index (χ1v) is 2.91. The van der Waals surface area contributed by atoms with Crippen LogP contribution in [0.15, 0.2) is 0 Å². The van der Waals surface area contributed by atoms with Gasteiger partial charge in [-0.3, -0.25) is 0 Å². The first-order chi connectivity index (χ1) is 3.77. The molecule has 1 heteroatoms. The average Bonchev–Trinajstić information content (AvgIpc) is 1.64. The summed E-state index contributed by atoms with van der Waals surface area (Å²) in [6.45, 7) is 4.40. The molecule has 0 spiro atoms. The van der Waals surface area contributed by atoms with Crippen LogP contribution in [-0.4, -0.2) is 13.1 Å². The van der Waals surface area contributed by atoms with Crippen LogP contribution in [0.2, 0.25) is 0 Å². The quantitative estimate of drug-likeness (QED) is 0.487. The fourth-order valence-corrected chi connectivity index (χ4v) is 0.923. The molecule has 1 rings (SSSR count). The summed E-state index contributed by atoms with van der Waals surface area (Å²) in [5.74, 6) is 2.67. The zero-order valence-electron chi connectivity index (χ0n) is 5.20. The topological polar surface area (TPSA) is 12.0 Å². The zero-order chi connectivity index (χ0) is 6.04. The van der Waals surface area contributed by atoms with Crippen molar-refractivity contribution in [3.63, 3.8) is 0 Å². The summed E-state index contributed by atoms with van der Waals surface area (Å²) in [5.41, 5.74) is 0.425. The molecule has 1 N–H and O–H groups in total. The lowest BCUT2D eigenvalue weighted by atomic mass is 9.81. The van der Waals surface area contributed by atoms with Gasteiger partial charge in [-0.2, -0.15) is 0 Å². The third kappa shape index (κ3) is 0.850. The summed E-state index contributed by atoms with van der Waals surface area (Å²) in [5, 5.41) is 3.19. The Labute approximate surface area is 50.5 Å². The van der Waals surface area contributed by atoms with Gasteiger partial charge in [0.05, 0.1) is 0 Å². The molecule has 44 valence electrons. The van der Waals surface area contributed by atoms with Crippen molar-refractivity contribution in [2.75, 3.05) is 13.1 Å². The van der Waals surface area contributed by atoms with E-state index in [-0.39, 0.29) is 0 Å². The lowest BCUT2D eigenvalue weighted by Gasteiger charge is -2.37. The maximum absolute atomic E-state index is 5.15. The van der Waals surface area contributed by atoms with E-state index >= 15 is 0 Å². The van der Waals surface area contributed by atoms with Gasteiger partial charge < -0.3 is 5.32 Å². The van der Waals surface area contributed by atoms with E-state index in [1.54, 1.807) is 0 Å². The minimum absolute atomic E-state index is 0.425. The van der Waals surface area contributed by atoms with Crippen LogP contribution in [0, 0.1) is 17.8 Å². The Morgan fingerprint density at radius 2 is 2.38 bits per heavy atom. The lowest BCUT2D eigenvalue weighted by Crippen LogP contribution is -2.51. The van der Waals surface area contributed by atoms with E-state index in [0.29, 0.717) is 5.41 Å². The molecule has 0 unspecified atom stereocenters. The first-order valence-electron chi connectivity index (χ1n) is 2.91. The van der Waals surface area contributed by atoms with E-state index in [1.807, 2.05) is 0 Å². The summed E-state index contributed by atoms with van der Waals surface area (Å²) < 4.78 is 0. The highest BCUT2D eigenvalue weighted by Gasteiger charge is 2.29. The van der Waals surface area contributed by atoms with Crippen LogP contribution >= 0.6 is 0 Å². The van der Waals surface area contributed by atoms with Gasteiger partial charge in [-0.15, -0.1) is 12.3 Å². The molecule has 1 nitrogen and oxygen atoms in total. The average molecular weight is 109 g/mol. The second kappa shape index (κ2) is 1.80. The normalized spacial score (nSPS) is 23.5. The number of hydrogen-bond acceptors (Lipinski definition) is 1. The molecular formula is C7H11N. The number of terminal acetylenes is 1. The minimum atomic E-state index is 0.425.